The third-order valence-corrected chi connectivity index (χ3v) is 5.75. The maximum Gasteiger partial charge on any atom is 0.146 e. The second-order valence-corrected chi connectivity index (χ2v) is 7.13. The van der Waals surface area contributed by atoms with Crippen molar-refractivity contribution in [1.82, 2.24) is 14.9 Å². The maximum absolute atomic E-state index is 5.82. The van der Waals surface area contributed by atoms with Gasteiger partial charge in [-0.25, -0.2) is 9.97 Å². The first-order valence-corrected chi connectivity index (χ1v) is 8.71. The van der Waals surface area contributed by atoms with E-state index < -0.39 is 0 Å². The van der Waals surface area contributed by atoms with Crippen molar-refractivity contribution in [3.05, 3.63) is 10.8 Å². The number of nitrogens with two attached hydrogens (primary N) is 1. The van der Waals surface area contributed by atoms with E-state index in [2.05, 4.69) is 43.0 Å². The average Bonchev–Trinajstić information content (AvgIpc) is 2.42. The molecule has 3 rings (SSSR count). The molecule has 6 heteroatoms. The summed E-state index contributed by atoms with van der Waals surface area (Å²) in [5, 5.41) is 3.51. The van der Waals surface area contributed by atoms with Gasteiger partial charge in [0.05, 0.1) is 0 Å². The van der Waals surface area contributed by atoms with Crippen molar-refractivity contribution in [2.75, 3.05) is 24.1 Å². The third kappa shape index (κ3) is 3.31. The minimum atomic E-state index is 0.387. The number of aromatic nitrogens is 2. The Balaban J connectivity index is 1.61. The highest BCUT2D eigenvalue weighted by atomic mass is 79.9. The number of anilines is 2. The zero-order valence-corrected chi connectivity index (χ0v) is 14.1. The first kappa shape index (κ1) is 15.0. The Labute approximate surface area is 134 Å². The van der Waals surface area contributed by atoms with E-state index in [-0.39, 0.29) is 0 Å². The topological polar surface area (TPSA) is 67.1 Å². The van der Waals surface area contributed by atoms with Crippen LogP contribution < -0.4 is 11.1 Å². The van der Waals surface area contributed by atoms with E-state index in [1.807, 2.05) is 0 Å². The molecule has 0 amide bonds. The molecule has 1 saturated heterocycles. The smallest absolute Gasteiger partial charge is 0.146 e. The van der Waals surface area contributed by atoms with Crippen LogP contribution in [0.15, 0.2) is 10.8 Å². The van der Waals surface area contributed by atoms with Crippen LogP contribution in [0.2, 0.25) is 0 Å². The molecular formula is C15H24BrN5. The van der Waals surface area contributed by atoms with Crippen molar-refractivity contribution in [1.29, 1.82) is 0 Å². The quantitative estimate of drug-likeness (QED) is 0.870. The van der Waals surface area contributed by atoms with Crippen LogP contribution in [0.3, 0.4) is 0 Å². The summed E-state index contributed by atoms with van der Waals surface area (Å²) < 4.78 is 0.767. The van der Waals surface area contributed by atoms with Gasteiger partial charge < -0.3 is 16.0 Å². The van der Waals surface area contributed by atoms with Gasteiger partial charge in [-0.3, -0.25) is 0 Å². The summed E-state index contributed by atoms with van der Waals surface area (Å²) in [7, 11) is 0. The van der Waals surface area contributed by atoms with Gasteiger partial charge in [0.25, 0.3) is 0 Å². The van der Waals surface area contributed by atoms with Crippen molar-refractivity contribution < 1.29 is 0 Å². The minimum absolute atomic E-state index is 0.387. The fourth-order valence-corrected chi connectivity index (χ4v) is 3.67. The van der Waals surface area contributed by atoms with E-state index in [4.69, 9.17) is 5.73 Å². The van der Waals surface area contributed by atoms with Gasteiger partial charge in [-0.15, -0.1) is 0 Å². The maximum atomic E-state index is 5.82. The molecule has 116 valence electrons. The summed E-state index contributed by atoms with van der Waals surface area (Å²) in [4.78, 5) is 11.0. The van der Waals surface area contributed by atoms with Gasteiger partial charge in [-0.2, -0.15) is 0 Å². The van der Waals surface area contributed by atoms with Crippen molar-refractivity contribution in [3.8, 4) is 0 Å². The molecule has 1 aliphatic heterocycles. The second kappa shape index (κ2) is 6.48. The summed E-state index contributed by atoms with van der Waals surface area (Å²) in [6.07, 6.45) is 8.30. The Morgan fingerprint density at radius 3 is 2.86 bits per heavy atom. The van der Waals surface area contributed by atoms with E-state index in [1.165, 1.54) is 51.5 Å². The molecular weight excluding hydrogens is 330 g/mol. The van der Waals surface area contributed by atoms with Crippen molar-refractivity contribution in [2.24, 2.45) is 5.92 Å². The van der Waals surface area contributed by atoms with E-state index >= 15 is 0 Å². The number of halogens is 1. The molecule has 1 aliphatic carbocycles. The molecule has 2 unspecified atom stereocenters. The molecule has 21 heavy (non-hydrogen) atoms. The molecule has 1 aromatic rings. The number of piperidine rings is 1. The van der Waals surface area contributed by atoms with Gasteiger partial charge in [0, 0.05) is 18.6 Å². The monoisotopic (exact) mass is 353 g/mol. The molecule has 0 bridgehead atoms. The van der Waals surface area contributed by atoms with E-state index in [0.29, 0.717) is 17.8 Å². The lowest BCUT2D eigenvalue weighted by molar-refractivity contribution is 0.0728. The van der Waals surface area contributed by atoms with Crippen LogP contribution in [-0.2, 0) is 0 Å². The summed E-state index contributed by atoms with van der Waals surface area (Å²) in [5.41, 5.74) is 5.82. The molecule has 2 heterocycles. The number of nitrogen functional groups attached to an aromatic ring is 1. The van der Waals surface area contributed by atoms with Gasteiger partial charge in [-0.1, -0.05) is 6.42 Å². The lowest BCUT2D eigenvalue weighted by atomic mass is 9.85. The highest BCUT2D eigenvalue weighted by Gasteiger charge is 2.31. The van der Waals surface area contributed by atoms with E-state index in [0.717, 1.165) is 16.3 Å². The number of hydrogen-bond acceptors (Lipinski definition) is 5. The third-order valence-electron chi connectivity index (χ3n) is 4.97. The number of rotatable bonds is 4. The normalized spacial score (nSPS) is 25.3. The second-order valence-electron chi connectivity index (χ2n) is 6.34. The van der Waals surface area contributed by atoms with Gasteiger partial charge in [0.1, 0.15) is 22.4 Å². The van der Waals surface area contributed by atoms with Crippen LogP contribution in [0.25, 0.3) is 0 Å². The van der Waals surface area contributed by atoms with E-state index in [1.54, 1.807) is 0 Å². The minimum Gasteiger partial charge on any atom is -0.383 e. The van der Waals surface area contributed by atoms with Crippen LogP contribution in [0.5, 0.6) is 0 Å². The standard InChI is InChI=1S/C15H24BrN5/c1-10(20-15-13(16)14(17)18-9-19-15)11-4-3-7-21(8-11)12-5-2-6-12/h9-12H,2-8H2,1H3,(H3,17,18,19,20). The zero-order chi connectivity index (χ0) is 14.8. The molecule has 3 N–H and O–H groups in total. The predicted octanol–water partition coefficient (Wildman–Crippen LogP) is 2.89. The van der Waals surface area contributed by atoms with Gasteiger partial charge >= 0.3 is 0 Å². The predicted molar refractivity (Wildman–Crippen MR) is 89.2 cm³/mol. The highest BCUT2D eigenvalue weighted by Crippen LogP contribution is 2.31. The fraction of sp³-hybridized carbons (Fsp3) is 0.733. The number of hydrogen-bond donors (Lipinski definition) is 2. The van der Waals surface area contributed by atoms with Gasteiger partial charge in [0.15, 0.2) is 0 Å². The summed E-state index contributed by atoms with van der Waals surface area (Å²) >= 11 is 3.47. The van der Waals surface area contributed by atoms with Crippen LogP contribution >= 0.6 is 15.9 Å². The van der Waals surface area contributed by atoms with Crippen molar-refractivity contribution in [2.45, 2.75) is 51.1 Å². The molecule has 5 nitrogen and oxygen atoms in total. The van der Waals surface area contributed by atoms with Crippen LogP contribution in [0, 0.1) is 5.92 Å². The molecule has 0 spiro atoms. The van der Waals surface area contributed by atoms with Gasteiger partial charge in [0.2, 0.25) is 0 Å². The number of nitrogens with one attached hydrogen (secondary N) is 1. The SMILES string of the molecule is CC(Nc1ncnc(N)c1Br)C1CCCN(C2CCC2)C1. The number of likely N-dealkylation sites (tertiary alicyclic amines) is 1. The average molecular weight is 354 g/mol. The Morgan fingerprint density at radius 2 is 2.14 bits per heavy atom. The molecule has 2 aliphatic rings. The van der Waals surface area contributed by atoms with Gasteiger partial charge in [-0.05, 0) is 61.0 Å². The lowest BCUT2D eigenvalue weighted by Crippen LogP contribution is -2.48. The molecule has 1 aromatic heterocycles. The summed E-state index contributed by atoms with van der Waals surface area (Å²) in [6, 6.07) is 1.24. The first-order valence-electron chi connectivity index (χ1n) is 7.91. The van der Waals surface area contributed by atoms with Crippen LogP contribution in [-0.4, -0.2) is 40.0 Å². The highest BCUT2D eigenvalue weighted by molar-refractivity contribution is 9.10. The largest absolute Gasteiger partial charge is 0.383 e. The Kier molecular flexibility index (Phi) is 4.64. The molecule has 0 radical (unpaired) electrons. The van der Waals surface area contributed by atoms with E-state index in [9.17, 15) is 0 Å². The summed E-state index contributed by atoms with van der Waals surface area (Å²) in [6.45, 7) is 4.73. The fourth-order valence-electron chi connectivity index (χ4n) is 3.35. The first-order chi connectivity index (χ1) is 10.1. The Bertz CT molecular complexity index is 491. The lowest BCUT2D eigenvalue weighted by Gasteiger charge is -2.44. The molecule has 1 saturated carbocycles. The number of nitrogens with zero attached hydrogens (tertiary/aromatic N) is 3. The van der Waals surface area contributed by atoms with Crippen molar-refractivity contribution in [3.63, 3.8) is 0 Å². The molecule has 2 atom stereocenters. The Morgan fingerprint density at radius 1 is 1.33 bits per heavy atom. The molecule has 2 fully saturated rings. The molecule has 0 aromatic carbocycles. The Hall–Kier alpha value is -0.880. The van der Waals surface area contributed by atoms with Crippen LogP contribution in [0.1, 0.15) is 39.0 Å². The van der Waals surface area contributed by atoms with Crippen molar-refractivity contribution >= 4 is 27.6 Å². The summed E-state index contributed by atoms with van der Waals surface area (Å²) in [5.74, 6) is 1.96. The van der Waals surface area contributed by atoms with Crippen LogP contribution in [0.4, 0.5) is 11.6 Å². The zero-order valence-electron chi connectivity index (χ0n) is 12.6.